The van der Waals surface area contributed by atoms with E-state index in [-0.39, 0.29) is 6.54 Å². The molecule has 0 aliphatic rings. The number of hydrogen-bond acceptors (Lipinski definition) is 2. The fourth-order valence-corrected chi connectivity index (χ4v) is 4.05. The number of halogens is 3. The van der Waals surface area contributed by atoms with Crippen LogP contribution in [0.5, 0.6) is 0 Å². The number of nitrogens with zero attached hydrogens (tertiary/aromatic N) is 1. The summed E-state index contributed by atoms with van der Waals surface area (Å²) < 4.78 is 66.5. The largest absolute Gasteiger partial charge is 0.417 e. The smallest absolute Gasteiger partial charge is 0.266 e. The third kappa shape index (κ3) is 3.90. The summed E-state index contributed by atoms with van der Waals surface area (Å²) in [5.41, 5.74) is -0.801. The molecule has 0 aromatic heterocycles. The van der Waals surface area contributed by atoms with Crippen molar-refractivity contribution >= 4 is 15.7 Å². The number of unbranched alkanes of at least 4 members (excludes halogenated alkanes) is 1. The lowest BCUT2D eigenvalue weighted by atomic mass is 10.2. The molecule has 0 saturated carbocycles. The van der Waals surface area contributed by atoms with Crippen LogP contribution in [0.15, 0.2) is 59.5 Å². The second kappa shape index (κ2) is 7.25. The van der Waals surface area contributed by atoms with Crippen LogP contribution < -0.4 is 4.31 Å². The van der Waals surface area contributed by atoms with E-state index in [9.17, 15) is 21.6 Å². The molecule has 24 heavy (non-hydrogen) atoms. The maximum Gasteiger partial charge on any atom is 0.417 e. The highest BCUT2D eigenvalue weighted by Gasteiger charge is 2.38. The van der Waals surface area contributed by atoms with E-state index in [1.807, 2.05) is 6.92 Å². The van der Waals surface area contributed by atoms with Crippen LogP contribution in [-0.4, -0.2) is 15.0 Å². The summed E-state index contributed by atoms with van der Waals surface area (Å²) in [6, 6.07) is 12.4. The van der Waals surface area contributed by atoms with Crippen molar-refractivity contribution < 1.29 is 21.6 Å². The van der Waals surface area contributed by atoms with Crippen LogP contribution in [0, 0.1) is 0 Å². The fourth-order valence-electron chi connectivity index (χ4n) is 2.33. The Morgan fingerprint density at radius 3 is 2.12 bits per heavy atom. The van der Waals surface area contributed by atoms with Gasteiger partial charge in [-0.1, -0.05) is 43.7 Å². The Morgan fingerprint density at radius 2 is 1.54 bits per heavy atom. The lowest BCUT2D eigenvalue weighted by Gasteiger charge is -2.26. The zero-order valence-electron chi connectivity index (χ0n) is 13.1. The van der Waals surface area contributed by atoms with Crippen molar-refractivity contribution in [1.29, 1.82) is 0 Å². The van der Waals surface area contributed by atoms with E-state index >= 15 is 0 Å². The fraction of sp³-hybridized carbons (Fsp3) is 0.294. The van der Waals surface area contributed by atoms with Crippen LogP contribution in [0.25, 0.3) is 0 Å². The zero-order chi connectivity index (χ0) is 17.8. The molecule has 3 nitrogen and oxygen atoms in total. The van der Waals surface area contributed by atoms with Crippen LogP contribution in [0.1, 0.15) is 25.3 Å². The summed E-state index contributed by atoms with van der Waals surface area (Å²) in [5, 5.41) is 0. The molecule has 0 amide bonds. The molecule has 0 N–H and O–H groups in total. The topological polar surface area (TPSA) is 37.4 Å². The Kier molecular flexibility index (Phi) is 5.54. The third-order valence-electron chi connectivity index (χ3n) is 3.52. The van der Waals surface area contributed by atoms with Gasteiger partial charge in [0.1, 0.15) is 0 Å². The summed E-state index contributed by atoms with van der Waals surface area (Å²) >= 11 is 0. The van der Waals surface area contributed by atoms with Crippen molar-refractivity contribution in [3.8, 4) is 0 Å². The van der Waals surface area contributed by atoms with Gasteiger partial charge in [-0.05, 0) is 30.7 Å². The highest BCUT2D eigenvalue weighted by molar-refractivity contribution is 7.92. The van der Waals surface area contributed by atoms with Gasteiger partial charge >= 0.3 is 6.18 Å². The highest BCUT2D eigenvalue weighted by Crippen LogP contribution is 2.36. The van der Waals surface area contributed by atoms with Gasteiger partial charge in [-0.15, -0.1) is 0 Å². The van der Waals surface area contributed by atoms with E-state index in [0.29, 0.717) is 12.1 Å². The lowest BCUT2D eigenvalue weighted by molar-refractivity contribution is -0.139. The van der Waals surface area contributed by atoms with Gasteiger partial charge in [-0.3, -0.25) is 4.31 Å². The summed E-state index contributed by atoms with van der Waals surface area (Å²) in [7, 11) is -4.33. The van der Waals surface area contributed by atoms with Gasteiger partial charge in [0, 0.05) is 6.54 Å². The first-order valence-corrected chi connectivity index (χ1v) is 8.96. The van der Waals surface area contributed by atoms with Gasteiger partial charge in [-0.2, -0.15) is 13.2 Å². The Labute approximate surface area is 139 Å². The summed E-state index contributed by atoms with van der Waals surface area (Å²) in [4.78, 5) is -0.725. The summed E-state index contributed by atoms with van der Waals surface area (Å²) in [6.07, 6.45) is -3.47. The van der Waals surface area contributed by atoms with Crippen LogP contribution in [0.4, 0.5) is 18.9 Å². The number of alkyl halides is 3. The highest BCUT2D eigenvalue weighted by atomic mass is 32.2. The Hall–Kier alpha value is -2.02. The molecule has 7 heteroatoms. The van der Waals surface area contributed by atoms with E-state index in [1.165, 1.54) is 12.1 Å². The Bertz CT molecular complexity index is 774. The summed E-state index contributed by atoms with van der Waals surface area (Å²) in [5.74, 6) is 0. The number of sulfonamides is 1. The number of anilines is 1. The van der Waals surface area contributed by atoms with Crippen molar-refractivity contribution in [2.45, 2.75) is 30.8 Å². The molecule has 130 valence electrons. The molecular weight excluding hydrogens is 339 g/mol. The summed E-state index contributed by atoms with van der Waals surface area (Å²) in [6.45, 7) is 2.01. The number of hydrogen-bond donors (Lipinski definition) is 0. The van der Waals surface area contributed by atoms with E-state index in [2.05, 4.69) is 0 Å². The van der Waals surface area contributed by atoms with Crippen LogP contribution >= 0.6 is 0 Å². The molecule has 0 heterocycles. The minimum atomic E-state index is -4.74. The van der Waals surface area contributed by atoms with Gasteiger partial charge in [0.05, 0.1) is 16.1 Å². The SMILES string of the molecule is CCCCN(c1ccccc1)S(=O)(=O)c1ccccc1C(F)(F)F. The van der Waals surface area contributed by atoms with Crippen molar-refractivity contribution in [3.05, 3.63) is 60.2 Å². The van der Waals surface area contributed by atoms with Crippen LogP contribution in [0.2, 0.25) is 0 Å². The molecule has 0 aliphatic heterocycles. The zero-order valence-corrected chi connectivity index (χ0v) is 13.9. The van der Waals surface area contributed by atoms with Crippen LogP contribution in [-0.2, 0) is 16.2 Å². The molecular formula is C17H18F3NO2S. The molecule has 0 unspecified atom stereocenters. The van der Waals surface area contributed by atoms with Gasteiger partial charge in [0.2, 0.25) is 0 Å². The minimum absolute atomic E-state index is 0.120. The van der Waals surface area contributed by atoms with Crippen molar-refractivity contribution in [1.82, 2.24) is 0 Å². The first-order chi connectivity index (χ1) is 11.3. The average Bonchev–Trinajstić information content (AvgIpc) is 2.55. The Balaban J connectivity index is 2.58. The number of rotatable bonds is 6. The minimum Gasteiger partial charge on any atom is -0.266 e. The van der Waals surface area contributed by atoms with Crippen LogP contribution in [0.3, 0.4) is 0 Å². The maximum absolute atomic E-state index is 13.2. The van der Waals surface area contributed by atoms with Gasteiger partial charge < -0.3 is 0 Å². The third-order valence-corrected chi connectivity index (χ3v) is 5.40. The number of para-hydroxylation sites is 1. The molecule has 0 radical (unpaired) electrons. The van der Waals surface area contributed by atoms with Crippen molar-refractivity contribution in [2.75, 3.05) is 10.8 Å². The first kappa shape index (κ1) is 18.3. The molecule has 0 aliphatic carbocycles. The van der Waals surface area contributed by atoms with Crippen molar-refractivity contribution in [2.24, 2.45) is 0 Å². The predicted octanol–water partition coefficient (Wildman–Crippen LogP) is 4.70. The van der Waals surface area contributed by atoms with Gasteiger partial charge in [0.25, 0.3) is 10.0 Å². The quantitative estimate of drug-likeness (QED) is 0.751. The molecule has 2 aromatic rings. The standard InChI is InChI=1S/C17H18F3NO2S/c1-2-3-13-21(14-9-5-4-6-10-14)24(22,23)16-12-8-7-11-15(16)17(18,19)20/h4-12H,2-3,13H2,1H3. The average molecular weight is 357 g/mol. The monoisotopic (exact) mass is 357 g/mol. The first-order valence-electron chi connectivity index (χ1n) is 7.52. The molecule has 2 aromatic carbocycles. The predicted molar refractivity (Wildman–Crippen MR) is 87.3 cm³/mol. The van der Waals surface area contributed by atoms with Crippen molar-refractivity contribution in [3.63, 3.8) is 0 Å². The molecule has 0 spiro atoms. The normalized spacial score (nSPS) is 12.2. The van der Waals surface area contributed by atoms with Gasteiger partial charge in [0.15, 0.2) is 0 Å². The second-order valence-electron chi connectivity index (χ2n) is 5.26. The maximum atomic E-state index is 13.2. The van der Waals surface area contributed by atoms with E-state index in [1.54, 1.807) is 30.3 Å². The lowest BCUT2D eigenvalue weighted by Crippen LogP contribution is -2.33. The molecule has 0 fully saturated rings. The van der Waals surface area contributed by atoms with E-state index in [0.717, 1.165) is 22.9 Å². The molecule has 0 bridgehead atoms. The molecule has 0 atom stereocenters. The molecule has 0 saturated heterocycles. The molecule has 2 rings (SSSR count). The van der Waals surface area contributed by atoms with Gasteiger partial charge in [-0.25, -0.2) is 8.42 Å². The second-order valence-corrected chi connectivity index (χ2v) is 7.09. The van der Waals surface area contributed by atoms with E-state index in [4.69, 9.17) is 0 Å². The van der Waals surface area contributed by atoms with E-state index < -0.39 is 26.7 Å². The number of benzene rings is 2. The Morgan fingerprint density at radius 1 is 0.958 bits per heavy atom.